The first-order valence-electron chi connectivity index (χ1n) is 5.93. The fourth-order valence-electron chi connectivity index (χ4n) is 2.19. The van der Waals surface area contributed by atoms with Crippen LogP contribution in [-0.4, -0.2) is 31.9 Å². The summed E-state index contributed by atoms with van der Waals surface area (Å²) in [4.78, 5) is -0.254. The monoisotopic (exact) mass is 308 g/mol. The Morgan fingerprint density at radius 2 is 2.05 bits per heavy atom. The molecule has 1 fully saturated rings. The molecule has 108 valence electrons. The van der Waals surface area contributed by atoms with Gasteiger partial charge in [0.2, 0.25) is 10.0 Å². The minimum absolute atomic E-state index is 0. The predicted octanol–water partition coefficient (Wildman–Crippen LogP) is 1.61. The van der Waals surface area contributed by atoms with Crippen molar-refractivity contribution in [2.75, 3.05) is 13.1 Å². The summed E-state index contributed by atoms with van der Waals surface area (Å²) in [7, 11) is -3.73. The maximum atomic E-state index is 13.6. The molecule has 0 aliphatic carbocycles. The van der Waals surface area contributed by atoms with Gasteiger partial charge in [0.15, 0.2) is 0 Å². The molecule has 2 rings (SSSR count). The molecule has 0 aromatic heterocycles. The summed E-state index contributed by atoms with van der Waals surface area (Å²) in [5.41, 5.74) is 5.78. The van der Waals surface area contributed by atoms with Crippen LogP contribution < -0.4 is 5.73 Å². The van der Waals surface area contributed by atoms with Gasteiger partial charge in [-0.1, -0.05) is 12.1 Å². The maximum absolute atomic E-state index is 13.6. The van der Waals surface area contributed by atoms with E-state index in [9.17, 15) is 12.8 Å². The van der Waals surface area contributed by atoms with Crippen LogP contribution in [0.4, 0.5) is 4.39 Å². The summed E-state index contributed by atoms with van der Waals surface area (Å²) in [6.07, 6.45) is 0.728. The molecule has 2 N–H and O–H groups in total. The second kappa shape index (κ2) is 6.17. The van der Waals surface area contributed by atoms with Crippen LogP contribution in [-0.2, 0) is 10.0 Å². The zero-order chi connectivity index (χ0) is 13.3. The van der Waals surface area contributed by atoms with Crippen LogP contribution in [0.3, 0.4) is 0 Å². The molecule has 19 heavy (non-hydrogen) atoms. The number of rotatable bonds is 3. The molecule has 2 unspecified atom stereocenters. The first-order chi connectivity index (χ1) is 8.43. The van der Waals surface area contributed by atoms with E-state index in [-0.39, 0.29) is 29.3 Å². The van der Waals surface area contributed by atoms with Gasteiger partial charge in [-0.25, -0.2) is 12.8 Å². The van der Waals surface area contributed by atoms with Crippen LogP contribution in [0.2, 0.25) is 0 Å². The van der Waals surface area contributed by atoms with Crippen LogP contribution in [0, 0.1) is 11.7 Å². The highest BCUT2D eigenvalue weighted by atomic mass is 35.5. The lowest BCUT2D eigenvalue weighted by Crippen LogP contribution is -2.33. The number of halogens is 2. The molecule has 0 radical (unpaired) electrons. The van der Waals surface area contributed by atoms with Crippen molar-refractivity contribution < 1.29 is 12.8 Å². The second-order valence-corrected chi connectivity index (χ2v) is 6.61. The first kappa shape index (κ1) is 16.4. The van der Waals surface area contributed by atoms with E-state index < -0.39 is 15.8 Å². The Bertz CT molecular complexity index is 536. The van der Waals surface area contributed by atoms with Crippen molar-refractivity contribution in [3.63, 3.8) is 0 Å². The lowest BCUT2D eigenvalue weighted by Gasteiger charge is -2.18. The van der Waals surface area contributed by atoms with Crippen molar-refractivity contribution in [2.24, 2.45) is 11.7 Å². The standard InChI is InChI=1S/C12H17FN2O2S.ClH/c1-9(14)10-6-7-15(8-10)18(16,17)12-5-3-2-4-11(12)13;/h2-5,9-10H,6-8,14H2,1H3;1H. The van der Waals surface area contributed by atoms with Gasteiger partial charge in [0.25, 0.3) is 0 Å². The molecular weight excluding hydrogens is 291 g/mol. The molecule has 7 heteroatoms. The van der Waals surface area contributed by atoms with Gasteiger partial charge in [-0.05, 0) is 31.4 Å². The number of hydrogen-bond acceptors (Lipinski definition) is 3. The Kier molecular flexibility index (Phi) is 5.32. The SMILES string of the molecule is CC(N)C1CCN(S(=O)(=O)c2ccccc2F)C1.Cl. The largest absolute Gasteiger partial charge is 0.328 e. The fourth-order valence-corrected chi connectivity index (χ4v) is 3.77. The highest BCUT2D eigenvalue weighted by molar-refractivity contribution is 7.89. The number of hydrogen-bond donors (Lipinski definition) is 1. The molecule has 1 aromatic carbocycles. The minimum atomic E-state index is -3.73. The van der Waals surface area contributed by atoms with Crippen LogP contribution in [0.25, 0.3) is 0 Å². The van der Waals surface area contributed by atoms with Crippen LogP contribution in [0.5, 0.6) is 0 Å². The van der Waals surface area contributed by atoms with E-state index in [0.717, 1.165) is 12.5 Å². The molecular formula is C12H18ClFN2O2S. The highest BCUT2D eigenvalue weighted by Crippen LogP contribution is 2.26. The summed E-state index contributed by atoms with van der Waals surface area (Å²) in [6, 6.07) is 5.40. The van der Waals surface area contributed by atoms with E-state index in [1.54, 1.807) is 0 Å². The van der Waals surface area contributed by atoms with Crippen molar-refractivity contribution >= 4 is 22.4 Å². The van der Waals surface area contributed by atoms with Crippen molar-refractivity contribution in [3.05, 3.63) is 30.1 Å². The molecule has 1 aliphatic heterocycles. The summed E-state index contributed by atoms with van der Waals surface area (Å²) >= 11 is 0. The van der Waals surface area contributed by atoms with E-state index >= 15 is 0 Å². The van der Waals surface area contributed by atoms with Crippen LogP contribution >= 0.6 is 12.4 Å². The molecule has 0 spiro atoms. The number of sulfonamides is 1. The summed E-state index contributed by atoms with van der Waals surface area (Å²) in [5.74, 6) is -0.562. The zero-order valence-corrected chi connectivity index (χ0v) is 12.3. The van der Waals surface area contributed by atoms with Gasteiger partial charge in [-0.15, -0.1) is 12.4 Å². The van der Waals surface area contributed by atoms with E-state index in [1.807, 2.05) is 6.92 Å². The van der Waals surface area contributed by atoms with Crippen molar-refractivity contribution in [2.45, 2.75) is 24.3 Å². The normalized spacial score (nSPS) is 21.9. The van der Waals surface area contributed by atoms with Crippen molar-refractivity contribution in [3.8, 4) is 0 Å². The molecule has 1 saturated heterocycles. The lowest BCUT2D eigenvalue weighted by molar-refractivity contribution is 0.426. The summed E-state index contributed by atoms with van der Waals surface area (Å²) in [5, 5.41) is 0. The minimum Gasteiger partial charge on any atom is -0.328 e. The fraction of sp³-hybridized carbons (Fsp3) is 0.500. The molecule has 0 amide bonds. The Hall–Kier alpha value is -0.690. The van der Waals surface area contributed by atoms with Gasteiger partial charge in [-0.3, -0.25) is 0 Å². The summed E-state index contributed by atoms with van der Waals surface area (Å²) in [6.45, 7) is 2.64. The lowest BCUT2D eigenvalue weighted by atomic mass is 10.0. The van der Waals surface area contributed by atoms with Gasteiger partial charge < -0.3 is 5.73 Å². The van der Waals surface area contributed by atoms with Crippen molar-refractivity contribution in [1.29, 1.82) is 0 Å². The number of nitrogens with zero attached hydrogens (tertiary/aromatic N) is 1. The van der Waals surface area contributed by atoms with Crippen molar-refractivity contribution in [1.82, 2.24) is 4.31 Å². The highest BCUT2D eigenvalue weighted by Gasteiger charge is 2.35. The molecule has 1 heterocycles. The van der Waals surface area contributed by atoms with E-state index in [1.165, 1.54) is 22.5 Å². The molecule has 0 saturated carbocycles. The maximum Gasteiger partial charge on any atom is 0.245 e. The third-order valence-electron chi connectivity index (χ3n) is 3.39. The van der Waals surface area contributed by atoms with Gasteiger partial charge in [0.05, 0.1) is 0 Å². The smallest absolute Gasteiger partial charge is 0.245 e. The number of benzene rings is 1. The van der Waals surface area contributed by atoms with Gasteiger partial charge in [0, 0.05) is 19.1 Å². The Labute approximate surface area is 119 Å². The average Bonchev–Trinajstić information content (AvgIpc) is 2.79. The predicted molar refractivity (Wildman–Crippen MR) is 74.2 cm³/mol. The zero-order valence-electron chi connectivity index (χ0n) is 10.6. The third-order valence-corrected chi connectivity index (χ3v) is 5.28. The topological polar surface area (TPSA) is 63.4 Å². The van der Waals surface area contributed by atoms with E-state index in [2.05, 4.69) is 0 Å². The molecule has 1 aliphatic rings. The van der Waals surface area contributed by atoms with Crippen LogP contribution in [0.15, 0.2) is 29.2 Å². The molecule has 0 bridgehead atoms. The Morgan fingerprint density at radius 1 is 1.42 bits per heavy atom. The third kappa shape index (κ3) is 3.25. The first-order valence-corrected chi connectivity index (χ1v) is 7.37. The molecule has 1 aromatic rings. The molecule has 4 nitrogen and oxygen atoms in total. The Morgan fingerprint density at radius 3 is 2.58 bits per heavy atom. The Balaban J connectivity index is 0.00000180. The van der Waals surface area contributed by atoms with Gasteiger partial charge in [0.1, 0.15) is 10.7 Å². The second-order valence-electron chi connectivity index (χ2n) is 4.70. The van der Waals surface area contributed by atoms with Gasteiger partial charge in [-0.2, -0.15) is 4.31 Å². The van der Waals surface area contributed by atoms with Gasteiger partial charge >= 0.3 is 0 Å². The molecule has 2 atom stereocenters. The van der Waals surface area contributed by atoms with E-state index in [4.69, 9.17) is 5.73 Å². The average molecular weight is 309 g/mol. The summed E-state index contributed by atoms with van der Waals surface area (Å²) < 4.78 is 39.4. The van der Waals surface area contributed by atoms with E-state index in [0.29, 0.717) is 13.1 Å². The van der Waals surface area contributed by atoms with Crippen LogP contribution in [0.1, 0.15) is 13.3 Å². The number of nitrogens with two attached hydrogens (primary N) is 1. The quantitative estimate of drug-likeness (QED) is 0.922.